The van der Waals surface area contributed by atoms with Gasteiger partial charge in [0.15, 0.2) is 0 Å². The first kappa shape index (κ1) is 28.6. The van der Waals surface area contributed by atoms with E-state index in [4.69, 9.17) is 0 Å². The Hall–Kier alpha value is -2.65. The van der Waals surface area contributed by atoms with E-state index in [1.54, 1.807) is 48.5 Å². The van der Waals surface area contributed by atoms with E-state index in [2.05, 4.69) is 10.6 Å². The Morgan fingerprint density at radius 2 is 0.914 bits per heavy atom. The van der Waals surface area contributed by atoms with Crippen molar-refractivity contribution in [2.45, 2.75) is 70.6 Å². The summed E-state index contributed by atoms with van der Waals surface area (Å²) in [7, 11) is -3.10. The Labute approximate surface area is 208 Å². The van der Waals surface area contributed by atoms with Gasteiger partial charge in [0.1, 0.15) is 0 Å². The minimum Gasteiger partial charge on any atom is -0.423 e. The molecule has 0 unspecified atom stereocenters. The summed E-state index contributed by atoms with van der Waals surface area (Å²) in [6.45, 7) is 0. The Bertz CT molecular complexity index is 853. The predicted octanol–water partition coefficient (Wildman–Crippen LogP) is 1.91. The molecule has 2 amide bonds. The van der Waals surface area contributed by atoms with Crippen LogP contribution in [0.1, 0.15) is 70.6 Å². The van der Waals surface area contributed by atoms with Gasteiger partial charge in [-0.2, -0.15) is 0 Å². The zero-order valence-electron chi connectivity index (χ0n) is 20.2. The second kappa shape index (κ2) is 16.1. The molecule has 0 fully saturated rings. The van der Waals surface area contributed by atoms with Crippen molar-refractivity contribution in [3.63, 3.8) is 0 Å². The van der Waals surface area contributed by atoms with Crippen molar-refractivity contribution < 1.29 is 29.7 Å². The summed E-state index contributed by atoms with van der Waals surface area (Å²) < 4.78 is 0. The molecule has 0 spiro atoms. The maximum atomic E-state index is 12.0. The maximum Gasteiger partial charge on any atom is 0.488 e. The van der Waals surface area contributed by atoms with Crippen molar-refractivity contribution in [1.29, 1.82) is 0 Å². The third kappa shape index (κ3) is 12.0. The van der Waals surface area contributed by atoms with Crippen molar-refractivity contribution in [2.24, 2.45) is 0 Å². The van der Waals surface area contributed by atoms with Crippen molar-refractivity contribution in [3.05, 3.63) is 48.5 Å². The molecule has 2 aromatic rings. The van der Waals surface area contributed by atoms with Crippen LogP contribution in [0, 0.1) is 0 Å². The third-order valence-corrected chi connectivity index (χ3v) is 5.74. The van der Waals surface area contributed by atoms with Crippen LogP contribution in [0.5, 0.6) is 0 Å². The van der Waals surface area contributed by atoms with Crippen molar-refractivity contribution >= 4 is 48.4 Å². The van der Waals surface area contributed by atoms with Crippen LogP contribution >= 0.6 is 0 Å². The van der Waals surface area contributed by atoms with Crippen LogP contribution in [0.15, 0.2) is 48.5 Å². The second-order valence-electron chi connectivity index (χ2n) is 8.78. The normalized spacial score (nSPS) is 10.6. The molecule has 10 heteroatoms. The van der Waals surface area contributed by atoms with Crippen LogP contribution in [0.25, 0.3) is 0 Å². The van der Waals surface area contributed by atoms with E-state index in [-0.39, 0.29) is 11.8 Å². The molecule has 8 nitrogen and oxygen atoms in total. The van der Waals surface area contributed by atoms with E-state index in [0.717, 1.165) is 57.8 Å². The average Bonchev–Trinajstić information content (AvgIpc) is 2.82. The van der Waals surface area contributed by atoms with Crippen LogP contribution in [-0.2, 0) is 9.59 Å². The molecule has 0 heterocycles. The lowest BCUT2D eigenvalue weighted by atomic mass is 9.80. The number of anilines is 2. The van der Waals surface area contributed by atoms with Crippen LogP contribution in [0.2, 0.25) is 0 Å². The fourth-order valence-electron chi connectivity index (χ4n) is 3.81. The van der Waals surface area contributed by atoms with Gasteiger partial charge in [0.25, 0.3) is 0 Å². The number of unbranched alkanes of at least 4 members (excludes halogenated alkanes) is 8. The van der Waals surface area contributed by atoms with Gasteiger partial charge in [-0.3, -0.25) is 9.59 Å². The molecule has 0 aliphatic rings. The Morgan fingerprint density at radius 1 is 0.571 bits per heavy atom. The van der Waals surface area contributed by atoms with Gasteiger partial charge in [-0.15, -0.1) is 0 Å². The first-order valence-corrected chi connectivity index (χ1v) is 12.4. The standard InChI is InChI=1S/C25H36B2N2O6/c30-24(28-22-14-10-12-20(18-22)26(32)33)16-8-6-4-2-1-3-5-7-9-17-25(31)29-23-15-11-13-21(19-23)27(34)35/h10-15,18-19,32-35H,1-9,16-17H2,(H,28,30)(H,29,31). The molecule has 0 aromatic heterocycles. The molecule has 2 aromatic carbocycles. The highest BCUT2D eigenvalue weighted by Gasteiger charge is 2.12. The quantitative estimate of drug-likeness (QED) is 0.160. The lowest BCUT2D eigenvalue weighted by Gasteiger charge is -2.08. The third-order valence-electron chi connectivity index (χ3n) is 5.74. The van der Waals surface area contributed by atoms with Crippen molar-refractivity contribution in [1.82, 2.24) is 0 Å². The highest BCUT2D eigenvalue weighted by atomic mass is 16.4. The van der Waals surface area contributed by atoms with Crippen molar-refractivity contribution in [2.75, 3.05) is 10.6 Å². The average molecular weight is 482 g/mol. The fourth-order valence-corrected chi connectivity index (χ4v) is 3.81. The minimum absolute atomic E-state index is 0.0719. The number of rotatable bonds is 16. The van der Waals surface area contributed by atoms with Gasteiger partial charge < -0.3 is 30.7 Å². The summed E-state index contributed by atoms with van der Waals surface area (Å²) in [6, 6.07) is 13.1. The molecular formula is C25H36B2N2O6. The molecule has 0 aliphatic heterocycles. The minimum atomic E-state index is -1.55. The van der Waals surface area contributed by atoms with Crippen LogP contribution in [0.3, 0.4) is 0 Å². The molecule has 0 bridgehead atoms. The van der Waals surface area contributed by atoms with E-state index < -0.39 is 14.2 Å². The highest BCUT2D eigenvalue weighted by Crippen LogP contribution is 2.13. The second-order valence-corrected chi connectivity index (χ2v) is 8.78. The number of benzene rings is 2. The lowest BCUT2D eigenvalue weighted by molar-refractivity contribution is -0.117. The van der Waals surface area contributed by atoms with Gasteiger partial charge in [0, 0.05) is 24.2 Å². The molecule has 2 rings (SSSR count). The fraction of sp³-hybridized carbons (Fsp3) is 0.440. The lowest BCUT2D eigenvalue weighted by Crippen LogP contribution is -2.30. The monoisotopic (exact) mass is 482 g/mol. The Morgan fingerprint density at radius 3 is 1.26 bits per heavy atom. The zero-order chi connectivity index (χ0) is 25.5. The summed E-state index contributed by atoms with van der Waals surface area (Å²) in [5.41, 5.74) is 1.82. The van der Waals surface area contributed by atoms with Gasteiger partial charge in [0.2, 0.25) is 11.8 Å². The first-order chi connectivity index (χ1) is 16.8. The number of carbonyl (C=O) groups is 2. The number of hydrogen-bond donors (Lipinski definition) is 6. The maximum absolute atomic E-state index is 12.0. The summed E-state index contributed by atoms with van der Waals surface area (Å²) in [5, 5.41) is 42.3. The molecule has 188 valence electrons. The Kier molecular flexibility index (Phi) is 13.2. The summed E-state index contributed by atoms with van der Waals surface area (Å²) in [6.07, 6.45) is 10.1. The number of nitrogens with one attached hydrogen (secondary N) is 2. The highest BCUT2D eigenvalue weighted by molar-refractivity contribution is 6.59. The number of carbonyl (C=O) groups excluding carboxylic acids is 2. The van der Waals surface area contributed by atoms with Gasteiger partial charge in [-0.25, -0.2) is 0 Å². The molecule has 6 N–H and O–H groups in total. The molecule has 0 atom stereocenters. The first-order valence-electron chi connectivity index (χ1n) is 12.4. The molecule has 0 saturated heterocycles. The van der Waals surface area contributed by atoms with E-state index in [9.17, 15) is 29.7 Å². The van der Waals surface area contributed by atoms with E-state index >= 15 is 0 Å². The molecular weight excluding hydrogens is 446 g/mol. The van der Waals surface area contributed by atoms with Crippen LogP contribution in [0.4, 0.5) is 11.4 Å². The summed E-state index contributed by atoms with van der Waals surface area (Å²) >= 11 is 0. The number of amides is 2. The van der Waals surface area contributed by atoms with E-state index in [1.807, 2.05) is 0 Å². The predicted molar refractivity (Wildman–Crippen MR) is 141 cm³/mol. The van der Waals surface area contributed by atoms with Gasteiger partial charge in [-0.1, -0.05) is 69.2 Å². The molecule has 35 heavy (non-hydrogen) atoms. The molecule has 0 radical (unpaired) electrons. The van der Waals surface area contributed by atoms with Crippen LogP contribution < -0.4 is 21.6 Å². The van der Waals surface area contributed by atoms with E-state index in [0.29, 0.717) is 35.1 Å². The van der Waals surface area contributed by atoms with Crippen LogP contribution in [-0.4, -0.2) is 46.1 Å². The SMILES string of the molecule is O=C(CCCCCCCCCCCC(=O)Nc1cccc(B(O)O)c1)Nc1cccc(B(O)O)c1. The topological polar surface area (TPSA) is 139 Å². The zero-order valence-corrected chi connectivity index (χ0v) is 20.2. The van der Waals surface area contributed by atoms with Gasteiger partial charge in [-0.05, 0) is 48.0 Å². The van der Waals surface area contributed by atoms with Gasteiger partial charge in [0.05, 0.1) is 0 Å². The molecule has 0 aliphatic carbocycles. The summed E-state index contributed by atoms with van der Waals surface area (Å²) in [4.78, 5) is 24.1. The van der Waals surface area contributed by atoms with Gasteiger partial charge >= 0.3 is 14.2 Å². The molecule has 0 saturated carbocycles. The largest absolute Gasteiger partial charge is 0.488 e. The summed E-state index contributed by atoms with van der Waals surface area (Å²) in [5.74, 6) is -0.144. The van der Waals surface area contributed by atoms with Crippen molar-refractivity contribution in [3.8, 4) is 0 Å². The van der Waals surface area contributed by atoms with E-state index in [1.165, 1.54) is 0 Å². The Balaban J connectivity index is 1.43. The number of hydrogen-bond acceptors (Lipinski definition) is 6. The smallest absolute Gasteiger partial charge is 0.423 e.